The van der Waals surface area contributed by atoms with Crippen LogP contribution in [0.5, 0.6) is 0 Å². The van der Waals surface area contributed by atoms with E-state index in [0.29, 0.717) is 12.8 Å². The Morgan fingerprint density at radius 3 is 2.56 bits per heavy atom. The average molecular weight is 222 g/mol. The van der Waals surface area contributed by atoms with E-state index < -0.39 is 12.1 Å². The van der Waals surface area contributed by atoms with Crippen LogP contribution < -0.4 is 0 Å². The second-order valence-electron chi connectivity index (χ2n) is 4.15. The molecule has 3 nitrogen and oxygen atoms in total. The second-order valence-corrected chi connectivity index (χ2v) is 4.15. The summed E-state index contributed by atoms with van der Waals surface area (Å²) in [4.78, 5) is 10.3. The maximum absolute atomic E-state index is 10.3. The van der Waals surface area contributed by atoms with Crippen LogP contribution in [0.1, 0.15) is 42.1 Å². The van der Waals surface area contributed by atoms with Crippen LogP contribution in [0.25, 0.3) is 0 Å². The predicted molar refractivity (Wildman–Crippen MR) is 62.4 cm³/mol. The number of aliphatic carboxylic acids is 1. The topological polar surface area (TPSA) is 57.5 Å². The fraction of sp³-hybridized carbons (Fsp3) is 0.462. The fourth-order valence-electron chi connectivity index (χ4n) is 1.59. The Bertz CT molecular complexity index is 371. The van der Waals surface area contributed by atoms with E-state index in [2.05, 4.69) is 0 Å². The SMILES string of the molecule is Cc1ccc(C(O)CCCC(=O)O)cc1C. The van der Waals surface area contributed by atoms with Gasteiger partial charge in [0.25, 0.3) is 0 Å². The summed E-state index contributed by atoms with van der Waals surface area (Å²) in [6, 6.07) is 5.83. The molecule has 0 saturated carbocycles. The van der Waals surface area contributed by atoms with Crippen LogP contribution in [0.3, 0.4) is 0 Å². The highest BCUT2D eigenvalue weighted by atomic mass is 16.4. The molecule has 0 fully saturated rings. The molecule has 0 bridgehead atoms. The molecule has 1 unspecified atom stereocenters. The van der Waals surface area contributed by atoms with Gasteiger partial charge in [0.15, 0.2) is 0 Å². The fourth-order valence-corrected chi connectivity index (χ4v) is 1.59. The van der Waals surface area contributed by atoms with Crippen molar-refractivity contribution in [1.29, 1.82) is 0 Å². The van der Waals surface area contributed by atoms with Gasteiger partial charge in [0.1, 0.15) is 0 Å². The van der Waals surface area contributed by atoms with Gasteiger partial charge in [0.2, 0.25) is 0 Å². The van der Waals surface area contributed by atoms with Crippen LogP contribution in [0.15, 0.2) is 18.2 Å². The molecule has 0 amide bonds. The number of benzene rings is 1. The highest BCUT2D eigenvalue weighted by Crippen LogP contribution is 2.21. The summed E-state index contributed by atoms with van der Waals surface area (Å²) >= 11 is 0. The average Bonchev–Trinajstić information content (AvgIpc) is 2.21. The van der Waals surface area contributed by atoms with Crippen molar-refractivity contribution in [3.05, 3.63) is 34.9 Å². The summed E-state index contributed by atoms with van der Waals surface area (Å²) in [5.41, 5.74) is 3.21. The summed E-state index contributed by atoms with van der Waals surface area (Å²) in [5.74, 6) is -0.813. The Hall–Kier alpha value is -1.35. The number of rotatable bonds is 5. The molecule has 88 valence electrons. The monoisotopic (exact) mass is 222 g/mol. The van der Waals surface area contributed by atoms with Gasteiger partial charge in [-0.05, 0) is 43.4 Å². The highest BCUT2D eigenvalue weighted by molar-refractivity contribution is 5.66. The minimum atomic E-state index is -0.813. The highest BCUT2D eigenvalue weighted by Gasteiger charge is 2.09. The lowest BCUT2D eigenvalue weighted by atomic mass is 9.99. The molecule has 1 aromatic carbocycles. The third-order valence-electron chi connectivity index (χ3n) is 2.78. The van der Waals surface area contributed by atoms with Gasteiger partial charge in [-0.2, -0.15) is 0 Å². The Kier molecular flexibility index (Phi) is 4.50. The molecule has 1 rings (SSSR count). The zero-order chi connectivity index (χ0) is 12.1. The van der Waals surface area contributed by atoms with Gasteiger partial charge < -0.3 is 10.2 Å². The summed E-state index contributed by atoms with van der Waals surface area (Å²) in [5, 5.41) is 18.4. The van der Waals surface area contributed by atoms with Crippen LogP contribution in [0.2, 0.25) is 0 Å². The molecule has 0 aliphatic rings. The molecular formula is C13H18O3. The van der Waals surface area contributed by atoms with Gasteiger partial charge in [-0.3, -0.25) is 4.79 Å². The van der Waals surface area contributed by atoms with E-state index in [4.69, 9.17) is 5.11 Å². The van der Waals surface area contributed by atoms with E-state index in [1.54, 1.807) is 0 Å². The number of carboxylic acids is 1. The first-order valence-electron chi connectivity index (χ1n) is 5.47. The predicted octanol–water partition coefficient (Wildman–Crippen LogP) is 2.59. The van der Waals surface area contributed by atoms with Crippen molar-refractivity contribution in [1.82, 2.24) is 0 Å². The lowest BCUT2D eigenvalue weighted by Crippen LogP contribution is -2.01. The van der Waals surface area contributed by atoms with Gasteiger partial charge in [-0.1, -0.05) is 18.2 Å². The number of carbonyl (C=O) groups is 1. The van der Waals surface area contributed by atoms with Gasteiger partial charge in [-0.15, -0.1) is 0 Å². The molecule has 0 aliphatic carbocycles. The molecule has 0 saturated heterocycles. The van der Waals surface area contributed by atoms with Crippen LogP contribution in [0.4, 0.5) is 0 Å². The Balaban J connectivity index is 2.55. The first-order chi connectivity index (χ1) is 7.50. The Labute approximate surface area is 95.7 Å². The zero-order valence-corrected chi connectivity index (χ0v) is 9.73. The van der Waals surface area contributed by atoms with Crippen molar-refractivity contribution in [2.24, 2.45) is 0 Å². The van der Waals surface area contributed by atoms with Crippen LogP contribution in [0, 0.1) is 13.8 Å². The smallest absolute Gasteiger partial charge is 0.303 e. The second kappa shape index (κ2) is 5.66. The summed E-state index contributed by atoms with van der Waals surface area (Å²) in [6.45, 7) is 4.03. The van der Waals surface area contributed by atoms with Gasteiger partial charge in [-0.25, -0.2) is 0 Å². The third-order valence-corrected chi connectivity index (χ3v) is 2.78. The summed E-state index contributed by atoms with van der Waals surface area (Å²) in [7, 11) is 0. The van der Waals surface area contributed by atoms with Crippen molar-refractivity contribution in [3.8, 4) is 0 Å². The van der Waals surface area contributed by atoms with Gasteiger partial charge >= 0.3 is 5.97 Å². The largest absolute Gasteiger partial charge is 0.481 e. The minimum Gasteiger partial charge on any atom is -0.481 e. The lowest BCUT2D eigenvalue weighted by molar-refractivity contribution is -0.137. The Morgan fingerprint density at radius 2 is 2.00 bits per heavy atom. The van der Waals surface area contributed by atoms with E-state index in [-0.39, 0.29) is 6.42 Å². The maximum atomic E-state index is 10.3. The van der Waals surface area contributed by atoms with Gasteiger partial charge in [0, 0.05) is 6.42 Å². The van der Waals surface area contributed by atoms with E-state index in [9.17, 15) is 9.90 Å². The van der Waals surface area contributed by atoms with E-state index in [1.165, 1.54) is 5.56 Å². The first-order valence-corrected chi connectivity index (χ1v) is 5.47. The normalized spacial score (nSPS) is 12.4. The number of aliphatic hydroxyl groups is 1. The van der Waals surface area contributed by atoms with Crippen molar-refractivity contribution >= 4 is 5.97 Å². The number of carboxylic acid groups (broad SMARTS) is 1. The molecule has 0 aromatic heterocycles. The van der Waals surface area contributed by atoms with Crippen LogP contribution in [-0.2, 0) is 4.79 Å². The van der Waals surface area contributed by atoms with Crippen molar-refractivity contribution in [3.63, 3.8) is 0 Å². The summed E-state index contributed by atoms with van der Waals surface area (Å²) < 4.78 is 0. The van der Waals surface area contributed by atoms with E-state index in [1.807, 2.05) is 32.0 Å². The van der Waals surface area contributed by atoms with Crippen molar-refractivity contribution < 1.29 is 15.0 Å². The molecule has 1 aromatic rings. The Morgan fingerprint density at radius 1 is 1.31 bits per heavy atom. The molecule has 1 atom stereocenters. The van der Waals surface area contributed by atoms with E-state index in [0.717, 1.165) is 11.1 Å². The minimum absolute atomic E-state index is 0.113. The number of hydrogen-bond donors (Lipinski definition) is 2. The van der Waals surface area contributed by atoms with Crippen LogP contribution >= 0.6 is 0 Å². The molecule has 0 heterocycles. The van der Waals surface area contributed by atoms with Crippen molar-refractivity contribution in [2.45, 2.75) is 39.2 Å². The first kappa shape index (κ1) is 12.7. The maximum Gasteiger partial charge on any atom is 0.303 e. The molecule has 3 heteroatoms. The zero-order valence-electron chi connectivity index (χ0n) is 9.73. The number of aliphatic hydroxyl groups excluding tert-OH is 1. The lowest BCUT2D eigenvalue weighted by Gasteiger charge is -2.12. The van der Waals surface area contributed by atoms with E-state index >= 15 is 0 Å². The molecule has 16 heavy (non-hydrogen) atoms. The molecule has 2 N–H and O–H groups in total. The standard InChI is InChI=1S/C13H18O3/c1-9-6-7-11(8-10(9)2)12(14)4-3-5-13(15)16/h6-8,12,14H,3-5H2,1-2H3,(H,15,16). The number of aryl methyl sites for hydroxylation is 2. The molecule has 0 aliphatic heterocycles. The molecular weight excluding hydrogens is 204 g/mol. The third kappa shape index (κ3) is 3.66. The molecule has 0 spiro atoms. The van der Waals surface area contributed by atoms with Crippen molar-refractivity contribution in [2.75, 3.05) is 0 Å². The van der Waals surface area contributed by atoms with Crippen LogP contribution in [-0.4, -0.2) is 16.2 Å². The molecule has 0 radical (unpaired) electrons. The quantitative estimate of drug-likeness (QED) is 0.805. The van der Waals surface area contributed by atoms with Gasteiger partial charge in [0.05, 0.1) is 6.10 Å². The number of hydrogen-bond acceptors (Lipinski definition) is 2. The summed E-state index contributed by atoms with van der Waals surface area (Å²) in [6.07, 6.45) is 0.554.